The number of phenolic OH excluding ortho intramolecular Hbond substituents is 2. The molecule has 1 aromatic carbocycles. The number of nitrogens with one attached hydrogen (secondary N) is 1. The number of hydrogen-bond acceptors (Lipinski definition) is 5. The first-order valence-corrected chi connectivity index (χ1v) is 4.95. The number of aromatic hydroxyl groups is 2. The quantitative estimate of drug-likeness (QED) is 0.495. The molecule has 5 nitrogen and oxygen atoms in total. The van der Waals surface area contributed by atoms with E-state index in [9.17, 15) is 10.2 Å². The minimum absolute atomic E-state index is 0.0959. The molecular formula is C11H17NO4. The SMILES string of the molecule is COC(CNCc1cccc(O)c1O)OC. The Kier molecular flexibility index (Phi) is 5.04. The van der Waals surface area contributed by atoms with Crippen LogP contribution in [0.4, 0.5) is 0 Å². The molecule has 0 atom stereocenters. The van der Waals surface area contributed by atoms with Crippen molar-refractivity contribution in [3.05, 3.63) is 23.8 Å². The zero-order valence-corrected chi connectivity index (χ0v) is 9.43. The number of phenols is 2. The van der Waals surface area contributed by atoms with Crippen molar-refractivity contribution < 1.29 is 19.7 Å². The van der Waals surface area contributed by atoms with Crippen LogP contribution in [0, 0.1) is 0 Å². The van der Waals surface area contributed by atoms with Crippen LogP contribution < -0.4 is 5.32 Å². The molecule has 1 aromatic rings. The number of para-hydroxylation sites is 1. The highest BCUT2D eigenvalue weighted by molar-refractivity contribution is 5.44. The molecule has 0 amide bonds. The Labute approximate surface area is 94.6 Å². The largest absolute Gasteiger partial charge is 0.504 e. The van der Waals surface area contributed by atoms with Crippen molar-refractivity contribution >= 4 is 0 Å². The molecule has 0 aliphatic heterocycles. The van der Waals surface area contributed by atoms with E-state index in [0.717, 1.165) is 0 Å². The first-order valence-electron chi connectivity index (χ1n) is 4.95. The van der Waals surface area contributed by atoms with Crippen LogP contribution >= 0.6 is 0 Å². The van der Waals surface area contributed by atoms with E-state index < -0.39 is 0 Å². The summed E-state index contributed by atoms with van der Waals surface area (Å²) in [7, 11) is 3.11. The van der Waals surface area contributed by atoms with Gasteiger partial charge in [-0.2, -0.15) is 0 Å². The van der Waals surface area contributed by atoms with Gasteiger partial charge in [0.25, 0.3) is 0 Å². The van der Waals surface area contributed by atoms with Crippen molar-refractivity contribution in [3.63, 3.8) is 0 Å². The molecule has 5 heteroatoms. The average molecular weight is 227 g/mol. The minimum Gasteiger partial charge on any atom is -0.504 e. The van der Waals surface area contributed by atoms with E-state index in [-0.39, 0.29) is 17.8 Å². The lowest BCUT2D eigenvalue weighted by Crippen LogP contribution is -2.29. The summed E-state index contributed by atoms with van der Waals surface area (Å²) in [5, 5.41) is 21.8. The van der Waals surface area contributed by atoms with Gasteiger partial charge >= 0.3 is 0 Å². The van der Waals surface area contributed by atoms with Crippen molar-refractivity contribution in [2.24, 2.45) is 0 Å². The van der Waals surface area contributed by atoms with Gasteiger partial charge in [-0.15, -0.1) is 0 Å². The van der Waals surface area contributed by atoms with E-state index in [4.69, 9.17) is 9.47 Å². The van der Waals surface area contributed by atoms with Crippen LogP contribution in [0.1, 0.15) is 5.56 Å². The topological polar surface area (TPSA) is 71.0 Å². The molecule has 0 heterocycles. The number of benzene rings is 1. The van der Waals surface area contributed by atoms with E-state index in [1.54, 1.807) is 26.4 Å². The lowest BCUT2D eigenvalue weighted by molar-refractivity contribution is -0.0989. The van der Waals surface area contributed by atoms with Crippen LogP contribution in [-0.2, 0) is 16.0 Å². The fraction of sp³-hybridized carbons (Fsp3) is 0.455. The second-order valence-electron chi connectivity index (χ2n) is 3.32. The first-order chi connectivity index (χ1) is 7.69. The average Bonchev–Trinajstić information content (AvgIpc) is 2.30. The number of ether oxygens (including phenoxy) is 2. The molecule has 0 fully saturated rings. The third-order valence-corrected chi connectivity index (χ3v) is 2.25. The zero-order chi connectivity index (χ0) is 12.0. The molecule has 0 aromatic heterocycles. The zero-order valence-electron chi connectivity index (χ0n) is 9.43. The van der Waals surface area contributed by atoms with Gasteiger partial charge in [0.1, 0.15) is 0 Å². The van der Waals surface area contributed by atoms with Gasteiger partial charge in [0, 0.05) is 32.9 Å². The Hall–Kier alpha value is -1.30. The van der Waals surface area contributed by atoms with Crippen molar-refractivity contribution in [1.82, 2.24) is 5.32 Å². The van der Waals surface area contributed by atoms with E-state index in [2.05, 4.69) is 5.32 Å². The molecule has 0 aliphatic carbocycles. The van der Waals surface area contributed by atoms with Crippen molar-refractivity contribution in [2.45, 2.75) is 12.8 Å². The summed E-state index contributed by atoms with van der Waals surface area (Å²) in [5.41, 5.74) is 0.631. The van der Waals surface area contributed by atoms with Gasteiger partial charge in [-0.3, -0.25) is 0 Å². The Morgan fingerprint density at radius 1 is 1.25 bits per heavy atom. The van der Waals surface area contributed by atoms with Crippen molar-refractivity contribution in [1.29, 1.82) is 0 Å². The van der Waals surface area contributed by atoms with E-state index in [0.29, 0.717) is 18.7 Å². The molecule has 0 spiro atoms. The molecule has 16 heavy (non-hydrogen) atoms. The monoisotopic (exact) mass is 227 g/mol. The molecular weight excluding hydrogens is 210 g/mol. The summed E-state index contributed by atoms with van der Waals surface area (Å²) in [6, 6.07) is 4.85. The van der Waals surface area contributed by atoms with E-state index in [1.807, 2.05) is 0 Å². The normalized spacial score (nSPS) is 10.9. The smallest absolute Gasteiger partial charge is 0.169 e. The number of methoxy groups -OCH3 is 2. The van der Waals surface area contributed by atoms with E-state index >= 15 is 0 Å². The standard InChI is InChI=1S/C11H17NO4/c1-15-10(16-2)7-12-6-8-4-3-5-9(13)11(8)14/h3-5,10,12-14H,6-7H2,1-2H3. The molecule has 0 unspecified atom stereocenters. The minimum atomic E-state index is -0.320. The highest BCUT2D eigenvalue weighted by Crippen LogP contribution is 2.27. The molecule has 3 N–H and O–H groups in total. The van der Waals surface area contributed by atoms with Crippen LogP contribution in [0.2, 0.25) is 0 Å². The molecule has 0 aliphatic rings. The van der Waals surface area contributed by atoms with Crippen LogP contribution in [0.15, 0.2) is 18.2 Å². The maximum atomic E-state index is 9.52. The highest BCUT2D eigenvalue weighted by atomic mass is 16.7. The molecule has 90 valence electrons. The van der Waals surface area contributed by atoms with Gasteiger partial charge in [-0.25, -0.2) is 0 Å². The van der Waals surface area contributed by atoms with Gasteiger partial charge in [-0.1, -0.05) is 12.1 Å². The van der Waals surface area contributed by atoms with Crippen molar-refractivity contribution in [2.75, 3.05) is 20.8 Å². The third kappa shape index (κ3) is 3.37. The lowest BCUT2D eigenvalue weighted by Gasteiger charge is -2.14. The maximum absolute atomic E-state index is 9.52. The lowest BCUT2D eigenvalue weighted by atomic mass is 10.2. The first kappa shape index (κ1) is 12.8. The summed E-state index contributed by atoms with van der Waals surface area (Å²) in [6.07, 6.45) is -0.320. The predicted octanol–water partition coefficient (Wildman–Crippen LogP) is 0.806. The number of hydrogen-bond donors (Lipinski definition) is 3. The fourth-order valence-corrected chi connectivity index (χ4v) is 1.31. The molecule has 0 bridgehead atoms. The summed E-state index contributed by atoms with van der Waals surface area (Å²) < 4.78 is 9.99. The summed E-state index contributed by atoms with van der Waals surface area (Å²) in [4.78, 5) is 0. The Morgan fingerprint density at radius 2 is 1.94 bits per heavy atom. The second kappa shape index (κ2) is 6.32. The highest BCUT2D eigenvalue weighted by Gasteiger charge is 2.07. The van der Waals surface area contributed by atoms with Crippen LogP contribution in [0.3, 0.4) is 0 Å². The predicted molar refractivity (Wildman–Crippen MR) is 59.3 cm³/mol. The fourth-order valence-electron chi connectivity index (χ4n) is 1.31. The van der Waals surface area contributed by atoms with E-state index in [1.165, 1.54) is 6.07 Å². The molecule has 0 saturated heterocycles. The van der Waals surface area contributed by atoms with Gasteiger partial charge in [-0.05, 0) is 6.07 Å². The Morgan fingerprint density at radius 3 is 2.56 bits per heavy atom. The van der Waals surface area contributed by atoms with Crippen LogP contribution in [0.25, 0.3) is 0 Å². The molecule has 1 rings (SSSR count). The van der Waals surface area contributed by atoms with Gasteiger partial charge in [0.05, 0.1) is 0 Å². The van der Waals surface area contributed by atoms with Crippen molar-refractivity contribution in [3.8, 4) is 11.5 Å². The van der Waals surface area contributed by atoms with Gasteiger partial charge in [0.2, 0.25) is 0 Å². The molecule has 0 saturated carbocycles. The summed E-state index contributed by atoms with van der Waals surface area (Å²) in [5.74, 6) is -0.212. The van der Waals surface area contributed by atoms with Gasteiger partial charge < -0.3 is 25.0 Å². The second-order valence-corrected chi connectivity index (χ2v) is 3.32. The maximum Gasteiger partial charge on any atom is 0.169 e. The van der Waals surface area contributed by atoms with Gasteiger partial charge in [0.15, 0.2) is 17.8 Å². The van der Waals surface area contributed by atoms with Crippen LogP contribution in [-0.4, -0.2) is 37.3 Å². The number of rotatable bonds is 6. The third-order valence-electron chi connectivity index (χ3n) is 2.25. The Bertz CT molecular complexity index is 326. The molecule has 0 radical (unpaired) electrons. The van der Waals surface area contributed by atoms with Crippen LogP contribution in [0.5, 0.6) is 11.5 Å². The summed E-state index contributed by atoms with van der Waals surface area (Å²) in [6.45, 7) is 0.936. The summed E-state index contributed by atoms with van der Waals surface area (Å²) >= 11 is 0. The Balaban J connectivity index is 2.46.